The van der Waals surface area contributed by atoms with Gasteiger partial charge in [0.1, 0.15) is 11.0 Å². The summed E-state index contributed by atoms with van der Waals surface area (Å²) in [5.41, 5.74) is 0.373. The third kappa shape index (κ3) is 2.83. The zero-order valence-corrected chi connectivity index (χ0v) is 8.75. The highest BCUT2D eigenvalue weighted by atomic mass is 32.2. The maximum atomic E-state index is 12.4. The molecule has 76 valence electrons. The largest absolute Gasteiger partial charge is 0.258 e. The molecule has 0 aromatic carbocycles. The molecule has 1 saturated carbocycles. The molecule has 1 rings (SSSR count). The Morgan fingerprint density at radius 2 is 1.85 bits per heavy atom. The molecule has 0 unspecified atom stereocenters. The molecule has 0 aromatic rings. The number of hydrogen-bond donors (Lipinski definition) is 0. The molecule has 5 heteroatoms. The summed E-state index contributed by atoms with van der Waals surface area (Å²) in [6.45, 7) is 5.30. The summed E-state index contributed by atoms with van der Waals surface area (Å²) in [6.07, 6.45) is -0.649. The van der Waals surface area contributed by atoms with Crippen LogP contribution in [0.5, 0.6) is 0 Å². The van der Waals surface area contributed by atoms with Gasteiger partial charge in [0.15, 0.2) is 0 Å². The van der Waals surface area contributed by atoms with Crippen LogP contribution >= 0.6 is 0 Å². The minimum atomic E-state index is -2.61. The second-order valence-corrected chi connectivity index (χ2v) is 6.13. The van der Waals surface area contributed by atoms with E-state index >= 15 is 0 Å². The van der Waals surface area contributed by atoms with E-state index in [2.05, 4.69) is 4.40 Å². The van der Waals surface area contributed by atoms with Gasteiger partial charge in [-0.2, -0.15) is 4.40 Å². The fourth-order valence-electron chi connectivity index (χ4n) is 0.864. The average Bonchev–Trinajstić information content (AvgIpc) is 1.80. The van der Waals surface area contributed by atoms with Crippen LogP contribution in [0.4, 0.5) is 8.78 Å². The maximum Gasteiger partial charge on any atom is 0.258 e. The standard InChI is InChI=1S/C8H13F2NOS/c1-7(2,3)13(12)11-6-4-8(9,10)5-6/h4-5H2,1-3H3/t13-/m1/s1. The van der Waals surface area contributed by atoms with E-state index in [1.807, 2.05) is 0 Å². The highest BCUT2D eigenvalue weighted by Crippen LogP contribution is 2.35. The summed E-state index contributed by atoms with van der Waals surface area (Å²) in [4.78, 5) is 0. The number of rotatable bonds is 1. The van der Waals surface area contributed by atoms with Crippen molar-refractivity contribution in [1.29, 1.82) is 0 Å². The summed E-state index contributed by atoms with van der Waals surface area (Å²) in [5.74, 6) is -2.61. The maximum absolute atomic E-state index is 12.4. The van der Waals surface area contributed by atoms with Gasteiger partial charge in [0.05, 0.1) is 17.6 Å². The van der Waals surface area contributed by atoms with E-state index in [9.17, 15) is 13.0 Å². The first-order valence-electron chi connectivity index (χ1n) is 4.07. The Balaban J connectivity index is 2.56. The Kier molecular flexibility index (Phi) is 2.58. The second-order valence-electron chi connectivity index (χ2n) is 4.23. The molecule has 0 aliphatic heterocycles. The molecule has 1 atom stereocenters. The third-order valence-corrected chi connectivity index (χ3v) is 3.13. The monoisotopic (exact) mass is 209 g/mol. The molecular formula is C8H13F2NOS. The van der Waals surface area contributed by atoms with E-state index in [-0.39, 0.29) is 12.8 Å². The topological polar surface area (TPSA) is 29.4 Å². The lowest BCUT2D eigenvalue weighted by molar-refractivity contribution is -0.00894. The molecule has 1 aliphatic rings. The van der Waals surface area contributed by atoms with Gasteiger partial charge in [-0.15, -0.1) is 0 Å². The van der Waals surface area contributed by atoms with E-state index in [4.69, 9.17) is 0 Å². The van der Waals surface area contributed by atoms with Crippen LogP contribution in [0.15, 0.2) is 4.40 Å². The predicted molar refractivity (Wildman–Crippen MR) is 49.5 cm³/mol. The Morgan fingerprint density at radius 1 is 1.38 bits per heavy atom. The van der Waals surface area contributed by atoms with Crippen molar-refractivity contribution in [3.05, 3.63) is 0 Å². The lowest BCUT2D eigenvalue weighted by Gasteiger charge is -2.27. The fraction of sp³-hybridized carbons (Fsp3) is 0.875. The molecule has 2 nitrogen and oxygen atoms in total. The van der Waals surface area contributed by atoms with Crippen LogP contribution in [0.1, 0.15) is 33.6 Å². The second kappa shape index (κ2) is 3.12. The van der Waals surface area contributed by atoms with E-state index in [0.717, 1.165) is 0 Å². The average molecular weight is 209 g/mol. The van der Waals surface area contributed by atoms with E-state index in [1.165, 1.54) is 0 Å². The molecule has 1 fully saturated rings. The fourth-order valence-corrected chi connectivity index (χ4v) is 1.50. The van der Waals surface area contributed by atoms with Crippen LogP contribution in [0.3, 0.4) is 0 Å². The zero-order valence-electron chi connectivity index (χ0n) is 7.93. The van der Waals surface area contributed by atoms with Crippen LogP contribution in [0, 0.1) is 0 Å². The first kappa shape index (κ1) is 10.8. The van der Waals surface area contributed by atoms with Gasteiger partial charge < -0.3 is 0 Å². The van der Waals surface area contributed by atoms with Crippen molar-refractivity contribution < 1.29 is 13.0 Å². The molecule has 13 heavy (non-hydrogen) atoms. The molecule has 0 saturated heterocycles. The lowest BCUT2D eigenvalue weighted by atomic mass is 9.92. The van der Waals surface area contributed by atoms with E-state index in [0.29, 0.717) is 5.71 Å². The summed E-state index contributed by atoms with van der Waals surface area (Å²) >= 11 is 0. The van der Waals surface area contributed by atoms with Gasteiger partial charge in [-0.25, -0.2) is 13.0 Å². The van der Waals surface area contributed by atoms with Gasteiger partial charge in [-0.3, -0.25) is 0 Å². The molecular weight excluding hydrogens is 196 g/mol. The van der Waals surface area contributed by atoms with Gasteiger partial charge in [0.2, 0.25) is 0 Å². The number of alkyl halides is 2. The summed E-state index contributed by atoms with van der Waals surface area (Å²) in [5, 5.41) is 0. The zero-order chi connectivity index (χ0) is 10.3. The van der Waals surface area contributed by atoms with Gasteiger partial charge in [0, 0.05) is 5.71 Å². The molecule has 0 bridgehead atoms. The molecule has 0 radical (unpaired) electrons. The van der Waals surface area contributed by atoms with Crippen LogP contribution in [0.2, 0.25) is 0 Å². The van der Waals surface area contributed by atoms with Crippen molar-refractivity contribution >= 4 is 16.7 Å². The normalized spacial score (nSPS) is 23.6. The van der Waals surface area contributed by atoms with Crippen LogP contribution in [0.25, 0.3) is 0 Å². The molecule has 0 spiro atoms. The predicted octanol–water partition coefficient (Wildman–Crippen LogP) is 2.32. The highest BCUT2D eigenvalue weighted by molar-refractivity contribution is 7.85. The SMILES string of the molecule is CC(C)(C)[S@@](=O)N=C1CC(F)(F)C1. The van der Waals surface area contributed by atoms with E-state index in [1.54, 1.807) is 20.8 Å². The van der Waals surface area contributed by atoms with Crippen molar-refractivity contribution in [2.24, 2.45) is 4.40 Å². The third-order valence-electron chi connectivity index (χ3n) is 1.66. The van der Waals surface area contributed by atoms with Crippen molar-refractivity contribution in [3.63, 3.8) is 0 Å². The Bertz CT molecular complexity index is 258. The van der Waals surface area contributed by atoms with Crippen LogP contribution in [-0.2, 0) is 11.0 Å². The summed E-state index contributed by atoms with van der Waals surface area (Å²) in [7, 11) is -1.39. The lowest BCUT2D eigenvalue weighted by Crippen LogP contribution is -2.36. The van der Waals surface area contributed by atoms with Crippen molar-refractivity contribution in [1.82, 2.24) is 0 Å². The highest BCUT2D eigenvalue weighted by Gasteiger charge is 2.43. The van der Waals surface area contributed by atoms with Crippen LogP contribution in [-0.4, -0.2) is 20.6 Å². The minimum absolute atomic E-state index is 0.325. The smallest absolute Gasteiger partial charge is 0.234 e. The summed E-state index contributed by atoms with van der Waals surface area (Å²) in [6, 6.07) is 0. The van der Waals surface area contributed by atoms with Crippen LogP contribution < -0.4 is 0 Å². The van der Waals surface area contributed by atoms with Gasteiger partial charge in [-0.05, 0) is 20.8 Å². The van der Waals surface area contributed by atoms with Gasteiger partial charge in [-0.1, -0.05) is 0 Å². The van der Waals surface area contributed by atoms with Crippen molar-refractivity contribution in [2.45, 2.75) is 44.3 Å². The van der Waals surface area contributed by atoms with E-state index < -0.39 is 21.7 Å². The first-order valence-corrected chi connectivity index (χ1v) is 5.18. The molecule has 0 aromatic heterocycles. The number of nitrogens with zero attached hydrogens (tertiary/aromatic N) is 1. The molecule has 1 aliphatic carbocycles. The first-order chi connectivity index (χ1) is 5.71. The minimum Gasteiger partial charge on any atom is -0.234 e. The number of halogens is 2. The molecule has 0 N–H and O–H groups in total. The molecule has 0 heterocycles. The van der Waals surface area contributed by atoms with Crippen molar-refractivity contribution in [2.75, 3.05) is 0 Å². The Morgan fingerprint density at radius 3 is 2.15 bits per heavy atom. The summed E-state index contributed by atoms with van der Waals surface area (Å²) < 4.78 is 39.4. The van der Waals surface area contributed by atoms with Gasteiger partial charge >= 0.3 is 0 Å². The Hall–Kier alpha value is -0.320. The van der Waals surface area contributed by atoms with Gasteiger partial charge in [0.25, 0.3) is 5.92 Å². The molecule has 0 amide bonds. The number of hydrogen-bond acceptors (Lipinski definition) is 1. The quantitative estimate of drug-likeness (QED) is 0.651. The Labute approximate surface area is 79.0 Å². The van der Waals surface area contributed by atoms with Crippen molar-refractivity contribution in [3.8, 4) is 0 Å².